The van der Waals surface area contributed by atoms with E-state index in [0.29, 0.717) is 25.9 Å². The predicted molar refractivity (Wildman–Crippen MR) is 260 cm³/mol. The molecule has 0 spiro atoms. The van der Waals surface area contributed by atoms with Crippen LogP contribution in [0.5, 0.6) is 0 Å². The number of carbonyl (C=O) groups excluding carboxylic acids is 2. The fourth-order valence-electron chi connectivity index (χ4n) is 6.45. The first kappa shape index (κ1) is 56.8. The minimum absolute atomic E-state index is 0.0362. The molecule has 0 amide bonds. The predicted octanol–water partition coefficient (Wildman–Crippen LogP) is 16.7. The van der Waals surface area contributed by atoms with E-state index < -0.39 is 6.10 Å². The third-order valence-corrected chi connectivity index (χ3v) is 10.1. The van der Waals surface area contributed by atoms with E-state index in [1.807, 2.05) is 6.08 Å². The van der Waals surface area contributed by atoms with Crippen LogP contribution in [0.2, 0.25) is 0 Å². The third-order valence-electron chi connectivity index (χ3n) is 10.1. The molecule has 0 aliphatic rings. The van der Waals surface area contributed by atoms with Gasteiger partial charge in [-0.1, -0.05) is 208 Å². The Labute approximate surface area is 371 Å². The van der Waals surface area contributed by atoms with Gasteiger partial charge in [-0.15, -0.1) is 0 Å². The van der Waals surface area contributed by atoms with Crippen LogP contribution in [0, 0.1) is 0 Å². The number of hydrogen-bond acceptors (Lipinski definition) is 5. The summed E-state index contributed by atoms with van der Waals surface area (Å²) in [6.45, 7) is 7.58. The second-order valence-corrected chi connectivity index (χ2v) is 16.0. The van der Waals surface area contributed by atoms with Crippen molar-refractivity contribution in [2.24, 2.45) is 0 Å². The van der Waals surface area contributed by atoms with Crippen LogP contribution >= 0.6 is 0 Å². The molecule has 0 radical (unpaired) electrons. The summed E-state index contributed by atoms with van der Waals surface area (Å²) >= 11 is 0. The molecular formula is C55H92O5. The van der Waals surface area contributed by atoms with E-state index in [0.717, 1.165) is 83.5 Å². The van der Waals surface area contributed by atoms with Gasteiger partial charge < -0.3 is 14.2 Å². The Hall–Kier alpha value is -3.18. The standard InChI is InChI=1S/C55H92O5/c1-4-7-10-13-16-19-22-24-26-27-28-29-31-32-34-36-39-42-45-48-54(56)59-52-53(51-58-50-47-44-41-38-21-18-15-12-9-6-3)60-55(57)49-46-43-40-37-35-33-30-25-23-20-17-14-11-8-5-2/h7,10,16-17,19-20,24-26,28-30,32,34,39,42,53H,4-6,8-9,11-15,18,21-23,27,31,33,35-38,40-41,43-52H2,1-3H3/b10-7-,19-16-,20-17-,26-24-,29-28-,30-25-,34-32-,42-39-. The van der Waals surface area contributed by atoms with Gasteiger partial charge in [0.1, 0.15) is 6.61 Å². The number of allylic oxidation sites excluding steroid dienone is 16. The molecule has 0 aliphatic carbocycles. The highest BCUT2D eigenvalue weighted by Gasteiger charge is 2.17. The Morgan fingerprint density at radius 1 is 0.383 bits per heavy atom. The molecule has 0 saturated carbocycles. The van der Waals surface area contributed by atoms with Crippen molar-refractivity contribution < 1.29 is 23.8 Å². The first-order valence-electron chi connectivity index (χ1n) is 24.8. The average molecular weight is 833 g/mol. The number of carbonyl (C=O) groups is 2. The van der Waals surface area contributed by atoms with Crippen molar-refractivity contribution >= 4 is 11.9 Å². The van der Waals surface area contributed by atoms with Gasteiger partial charge in [0, 0.05) is 19.4 Å². The molecule has 0 fully saturated rings. The molecular weight excluding hydrogens is 741 g/mol. The minimum atomic E-state index is -0.576. The van der Waals surface area contributed by atoms with Gasteiger partial charge in [-0.25, -0.2) is 0 Å². The highest BCUT2D eigenvalue weighted by molar-refractivity contribution is 5.70. The number of rotatable bonds is 44. The van der Waals surface area contributed by atoms with Crippen LogP contribution in [0.4, 0.5) is 0 Å². The Morgan fingerprint density at radius 3 is 1.30 bits per heavy atom. The maximum atomic E-state index is 12.8. The fourth-order valence-corrected chi connectivity index (χ4v) is 6.45. The minimum Gasteiger partial charge on any atom is -0.462 e. The smallest absolute Gasteiger partial charge is 0.306 e. The zero-order valence-corrected chi connectivity index (χ0v) is 39.2. The lowest BCUT2D eigenvalue weighted by Crippen LogP contribution is -2.30. The molecule has 0 saturated heterocycles. The van der Waals surface area contributed by atoms with E-state index in [4.69, 9.17) is 14.2 Å². The molecule has 60 heavy (non-hydrogen) atoms. The van der Waals surface area contributed by atoms with E-state index in [1.165, 1.54) is 89.9 Å². The van der Waals surface area contributed by atoms with Gasteiger partial charge in [0.05, 0.1) is 6.61 Å². The molecule has 5 nitrogen and oxygen atoms in total. The monoisotopic (exact) mass is 833 g/mol. The van der Waals surface area contributed by atoms with Gasteiger partial charge in [0.15, 0.2) is 6.10 Å². The van der Waals surface area contributed by atoms with Crippen LogP contribution in [-0.4, -0.2) is 37.9 Å². The van der Waals surface area contributed by atoms with Crippen molar-refractivity contribution in [3.05, 3.63) is 97.2 Å². The summed E-state index contributed by atoms with van der Waals surface area (Å²) in [5.74, 6) is -0.513. The number of ether oxygens (including phenoxy) is 3. The van der Waals surface area contributed by atoms with E-state index in [1.54, 1.807) is 0 Å². The Bertz CT molecular complexity index is 1170. The summed E-state index contributed by atoms with van der Waals surface area (Å²) < 4.78 is 17.3. The molecule has 0 N–H and O–H groups in total. The molecule has 0 rings (SSSR count). The topological polar surface area (TPSA) is 61.8 Å². The number of hydrogen-bond donors (Lipinski definition) is 0. The molecule has 0 aromatic rings. The molecule has 0 heterocycles. The maximum Gasteiger partial charge on any atom is 0.306 e. The second kappa shape index (κ2) is 50.2. The van der Waals surface area contributed by atoms with Gasteiger partial charge in [0.2, 0.25) is 0 Å². The Balaban J connectivity index is 4.38. The van der Waals surface area contributed by atoms with Crippen LogP contribution < -0.4 is 0 Å². The quantitative estimate of drug-likeness (QED) is 0.0348. The van der Waals surface area contributed by atoms with E-state index in [-0.39, 0.29) is 25.2 Å². The maximum absolute atomic E-state index is 12.8. The van der Waals surface area contributed by atoms with Crippen molar-refractivity contribution in [2.45, 2.75) is 219 Å². The van der Waals surface area contributed by atoms with E-state index in [2.05, 4.69) is 112 Å². The fraction of sp³-hybridized carbons (Fsp3) is 0.673. The van der Waals surface area contributed by atoms with Gasteiger partial charge in [-0.3, -0.25) is 9.59 Å². The van der Waals surface area contributed by atoms with Gasteiger partial charge >= 0.3 is 11.9 Å². The van der Waals surface area contributed by atoms with Crippen LogP contribution in [-0.2, 0) is 23.8 Å². The van der Waals surface area contributed by atoms with Crippen LogP contribution in [0.1, 0.15) is 213 Å². The summed E-state index contributed by atoms with van der Waals surface area (Å²) in [6.07, 6.45) is 67.0. The van der Waals surface area contributed by atoms with Crippen molar-refractivity contribution in [3.63, 3.8) is 0 Å². The summed E-state index contributed by atoms with van der Waals surface area (Å²) in [7, 11) is 0. The summed E-state index contributed by atoms with van der Waals surface area (Å²) in [4.78, 5) is 25.3. The van der Waals surface area contributed by atoms with Crippen molar-refractivity contribution in [1.82, 2.24) is 0 Å². The van der Waals surface area contributed by atoms with E-state index in [9.17, 15) is 9.59 Å². The highest BCUT2D eigenvalue weighted by Crippen LogP contribution is 2.12. The second-order valence-electron chi connectivity index (χ2n) is 16.0. The average Bonchev–Trinajstić information content (AvgIpc) is 3.25. The molecule has 1 unspecified atom stereocenters. The lowest BCUT2D eigenvalue weighted by atomic mass is 10.1. The lowest BCUT2D eigenvalue weighted by Gasteiger charge is -2.18. The highest BCUT2D eigenvalue weighted by atomic mass is 16.6. The SMILES string of the molecule is CC/C=C\C/C=C\C/C=C\C/C=C\C/C=C\C/C=C\CCC(=O)OCC(COCCCCCCCCCCCC)OC(=O)CCCCCCC/C=C\C/C=C\CCCCC. The summed E-state index contributed by atoms with van der Waals surface area (Å²) in [6, 6.07) is 0. The molecule has 5 heteroatoms. The normalized spacial score (nSPS) is 13.1. The third kappa shape index (κ3) is 47.5. The van der Waals surface area contributed by atoms with Crippen LogP contribution in [0.25, 0.3) is 0 Å². The van der Waals surface area contributed by atoms with Gasteiger partial charge in [0.25, 0.3) is 0 Å². The molecule has 0 aromatic heterocycles. The largest absolute Gasteiger partial charge is 0.462 e. The van der Waals surface area contributed by atoms with Crippen molar-refractivity contribution in [2.75, 3.05) is 19.8 Å². The van der Waals surface area contributed by atoms with Crippen molar-refractivity contribution in [1.29, 1.82) is 0 Å². The zero-order chi connectivity index (χ0) is 43.5. The molecule has 0 aromatic carbocycles. The van der Waals surface area contributed by atoms with Gasteiger partial charge in [-0.2, -0.15) is 0 Å². The van der Waals surface area contributed by atoms with Gasteiger partial charge in [-0.05, 0) is 89.9 Å². The lowest BCUT2D eigenvalue weighted by molar-refractivity contribution is -0.162. The van der Waals surface area contributed by atoms with Crippen LogP contribution in [0.3, 0.4) is 0 Å². The molecule has 0 bridgehead atoms. The number of unbranched alkanes of at least 4 members (excludes halogenated alkanes) is 17. The first-order valence-corrected chi connectivity index (χ1v) is 24.8. The summed E-state index contributed by atoms with van der Waals surface area (Å²) in [5.41, 5.74) is 0. The zero-order valence-electron chi connectivity index (χ0n) is 39.2. The first-order chi connectivity index (χ1) is 29.6. The molecule has 0 aliphatic heterocycles. The van der Waals surface area contributed by atoms with E-state index >= 15 is 0 Å². The van der Waals surface area contributed by atoms with Crippen molar-refractivity contribution in [3.8, 4) is 0 Å². The Kier molecular flexibility index (Phi) is 47.5. The molecule has 342 valence electrons. The number of esters is 2. The van der Waals surface area contributed by atoms with Crippen LogP contribution in [0.15, 0.2) is 97.2 Å². The molecule has 1 atom stereocenters. The summed E-state index contributed by atoms with van der Waals surface area (Å²) in [5, 5.41) is 0. The Morgan fingerprint density at radius 2 is 0.783 bits per heavy atom.